The first-order valence-corrected chi connectivity index (χ1v) is 9.07. The normalized spacial score (nSPS) is 10.5. The van der Waals surface area contributed by atoms with Crippen LogP contribution in [0.15, 0.2) is 66.7 Å². The van der Waals surface area contributed by atoms with E-state index in [-0.39, 0.29) is 11.8 Å². The van der Waals surface area contributed by atoms with Gasteiger partial charge in [-0.3, -0.25) is 9.59 Å². The molecule has 0 aliphatic rings. The molecule has 5 heteroatoms. The molecule has 0 aliphatic carbocycles. The van der Waals surface area contributed by atoms with Crippen LogP contribution >= 0.6 is 0 Å². The van der Waals surface area contributed by atoms with Crippen LogP contribution in [0.2, 0.25) is 0 Å². The van der Waals surface area contributed by atoms with Gasteiger partial charge in [-0.15, -0.1) is 0 Å². The summed E-state index contributed by atoms with van der Waals surface area (Å²) < 4.78 is 1.44. The third-order valence-corrected chi connectivity index (χ3v) is 4.54. The maximum absolute atomic E-state index is 12.9. The summed E-state index contributed by atoms with van der Waals surface area (Å²) in [4.78, 5) is 25.1. The van der Waals surface area contributed by atoms with E-state index in [4.69, 9.17) is 0 Å². The summed E-state index contributed by atoms with van der Waals surface area (Å²) in [6.07, 6.45) is 0.704. The van der Waals surface area contributed by atoms with Crippen molar-refractivity contribution in [1.29, 1.82) is 0 Å². The van der Waals surface area contributed by atoms with Crippen LogP contribution in [0.3, 0.4) is 0 Å². The Kier molecular flexibility index (Phi) is 5.54. The number of carbonyl (C=O) groups excluding carboxylic acids is 2. The largest absolute Gasteiger partial charge is 0.322 e. The van der Waals surface area contributed by atoms with E-state index in [0.717, 1.165) is 22.5 Å². The fraction of sp³-hybridized carbons (Fsp3) is 0.174. The minimum Gasteiger partial charge on any atom is -0.322 e. The number of anilines is 1. The highest BCUT2D eigenvalue weighted by Crippen LogP contribution is 2.19. The van der Waals surface area contributed by atoms with Gasteiger partial charge in [0, 0.05) is 28.1 Å². The van der Waals surface area contributed by atoms with Crippen LogP contribution in [0, 0.1) is 13.8 Å². The molecule has 3 rings (SSSR count). The lowest BCUT2D eigenvalue weighted by atomic mass is 10.1. The number of allylic oxidation sites excluding steroid dienone is 1. The van der Waals surface area contributed by atoms with Crippen molar-refractivity contribution in [3.05, 3.63) is 94.8 Å². The standard InChI is InChI=1S/C23H23N3O2/c1-15(2)14-21-16(3)25-26(17(21)4)23(28)19-10-12-20(13-11-19)24-22(27)18-8-6-5-7-9-18/h5-13H,1,14H2,2-4H3,(H,24,27). The molecule has 142 valence electrons. The first-order chi connectivity index (χ1) is 13.4. The van der Waals surface area contributed by atoms with E-state index >= 15 is 0 Å². The van der Waals surface area contributed by atoms with Crippen LogP contribution < -0.4 is 5.32 Å². The van der Waals surface area contributed by atoms with Crippen molar-refractivity contribution >= 4 is 17.5 Å². The molecule has 1 heterocycles. The van der Waals surface area contributed by atoms with Gasteiger partial charge in [0.15, 0.2) is 0 Å². The predicted octanol–water partition coefficient (Wildman–Crippen LogP) is 4.56. The SMILES string of the molecule is C=C(C)Cc1c(C)nn(C(=O)c2ccc(NC(=O)c3ccccc3)cc2)c1C. The van der Waals surface area contributed by atoms with Gasteiger partial charge in [0.1, 0.15) is 0 Å². The zero-order valence-corrected chi connectivity index (χ0v) is 16.3. The molecular formula is C23H23N3O2. The second-order valence-electron chi connectivity index (χ2n) is 6.90. The van der Waals surface area contributed by atoms with Crippen molar-refractivity contribution in [3.8, 4) is 0 Å². The van der Waals surface area contributed by atoms with Crippen molar-refractivity contribution in [2.24, 2.45) is 0 Å². The lowest BCUT2D eigenvalue weighted by Crippen LogP contribution is -2.16. The Bertz CT molecular complexity index is 1030. The summed E-state index contributed by atoms with van der Waals surface area (Å²) in [6, 6.07) is 15.8. The van der Waals surface area contributed by atoms with E-state index in [1.54, 1.807) is 36.4 Å². The molecule has 0 saturated carbocycles. The number of nitrogens with zero attached hydrogens (tertiary/aromatic N) is 2. The Hall–Kier alpha value is -3.47. The molecule has 2 aromatic carbocycles. The van der Waals surface area contributed by atoms with Gasteiger partial charge in [0.2, 0.25) is 0 Å². The van der Waals surface area contributed by atoms with Crippen molar-refractivity contribution in [1.82, 2.24) is 9.78 Å². The van der Waals surface area contributed by atoms with Crippen molar-refractivity contribution in [3.63, 3.8) is 0 Å². The molecule has 0 bridgehead atoms. The number of benzene rings is 2. The number of amides is 1. The highest BCUT2D eigenvalue weighted by atomic mass is 16.2. The van der Waals surface area contributed by atoms with Crippen LogP contribution in [0.25, 0.3) is 0 Å². The molecule has 3 aromatic rings. The number of aryl methyl sites for hydroxylation is 1. The molecule has 1 aromatic heterocycles. The van der Waals surface area contributed by atoms with Gasteiger partial charge in [-0.25, -0.2) is 4.68 Å². The van der Waals surface area contributed by atoms with Gasteiger partial charge in [-0.05, 0) is 63.6 Å². The molecule has 0 atom stereocenters. The number of aromatic nitrogens is 2. The Balaban J connectivity index is 1.77. The molecule has 0 saturated heterocycles. The molecule has 0 fully saturated rings. The number of hydrogen-bond donors (Lipinski definition) is 1. The van der Waals surface area contributed by atoms with E-state index in [1.807, 2.05) is 39.0 Å². The van der Waals surface area contributed by atoms with E-state index < -0.39 is 0 Å². The Morgan fingerprint density at radius 3 is 2.25 bits per heavy atom. The summed E-state index contributed by atoms with van der Waals surface area (Å²) in [7, 11) is 0. The molecule has 0 unspecified atom stereocenters. The Morgan fingerprint density at radius 1 is 1.00 bits per heavy atom. The van der Waals surface area contributed by atoms with Crippen molar-refractivity contribution < 1.29 is 9.59 Å². The maximum Gasteiger partial charge on any atom is 0.278 e. The molecule has 1 N–H and O–H groups in total. The molecule has 0 radical (unpaired) electrons. The van der Waals surface area contributed by atoms with E-state index in [1.165, 1.54) is 4.68 Å². The molecule has 1 amide bonds. The average Bonchev–Trinajstić information content (AvgIpc) is 2.96. The topological polar surface area (TPSA) is 64.0 Å². The lowest BCUT2D eigenvalue weighted by molar-refractivity contribution is 0.0941. The summed E-state index contributed by atoms with van der Waals surface area (Å²) in [6.45, 7) is 9.70. The summed E-state index contributed by atoms with van der Waals surface area (Å²) >= 11 is 0. The second kappa shape index (κ2) is 8.05. The highest BCUT2D eigenvalue weighted by Gasteiger charge is 2.18. The number of carbonyl (C=O) groups is 2. The molecule has 5 nitrogen and oxygen atoms in total. The summed E-state index contributed by atoms with van der Waals surface area (Å²) in [5.74, 6) is -0.392. The van der Waals surface area contributed by atoms with Gasteiger partial charge in [-0.1, -0.05) is 30.4 Å². The van der Waals surface area contributed by atoms with E-state index in [9.17, 15) is 9.59 Å². The van der Waals surface area contributed by atoms with E-state index in [2.05, 4.69) is 17.0 Å². The first-order valence-electron chi connectivity index (χ1n) is 9.07. The van der Waals surface area contributed by atoms with Crippen LogP contribution in [0.5, 0.6) is 0 Å². The predicted molar refractivity (Wildman–Crippen MR) is 111 cm³/mol. The molecule has 0 spiro atoms. The fourth-order valence-electron chi connectivity index (χ4n) is 3.04. The fourth-order valence-corrected chi connectivity index (χ4v) is 3.04. The minimum absolute atomic E-state index is 0.192. The zero-order chi connectivity index (χ0) is 20.3. The minimum atomic E-state index is -0.200. The second-order valence-corrected chi connectivity index (χ2v) is 6.90. The molecular weight excluding hydrogens is 350 g/mol. The third-order valence-electron chi connectivity index (χ3n) is 4.54. The zero-order valence-electron chi connectivity index (χ0n) is 16.3. The van der Waals surface area contributed by atoms with Crippen LogP contribution in [-0.2, 0) is 6.42 Å². The Morgan fingerprint density at radius 2 is 1.64 bits per heavy atom. The third kappa shape index (κ3) is 4.09. The first kappa shape index (κ1) is 19.3. The van der Waals surface area contributed by atoms with Gasteiger partial charge >= 0.3 is 0 Å². The number of nitrogens with one attached hydrogen (secondary N) is 1. The van der Waals surface area contributed by atoms with Crippen LogP contribution in [-0.4, -0.2) is 21.6 Å². The monoisotopic (exact) mass is 373 g/mol. The molecule has 0 aliphatic heterocycles. The van der Waals surface area contributed by atoms with Gasteiger partial charge < -0.3 is 5.32 Å². The Labute approximate surface area is 164 Å². The van der Waals surface area contributed by atoms with Gasteiger partial charge in [0.25, 0.3) is 11.8 Å². The van der Waals surface area contributed by atoms with Crippen LogP contribution in [0.1, 0.15) is 44.6 Å². The summed E-state index contributed by atoms with van der Waals surface area (Å²) in [5.41, 5.74) is 5.43. The molecule has 28 heavy (non-hydrogen) atoms. The number of hydrogen-bond acceptors (Lipinski definition) is 3. The van der Waals surface area contributed by atoms with Gasteiger partial charge in [-0.2, -0.15) is 5.10 Å². The van der Waals surface area contributed by atoms with Crippen molar-refractivity contribution in [2.75, 3.05) is 5.32 Å². The number of rotatable bonds is 5. The van der Waals surface area contributed by atoms with E-state index in [0.29, 0.717) is 23.2 Å². The van der Waals surface area contributed by atoms with Crippen LogP contribution in [0.4, 0.5) is 5.69 Å². The van der Waals surface area contributed by atoms with Gasteiger partial charge in [0.05, 0.1) is 5.69 Å². The smallest absolute Gasteiger partial charge is 0.278 e. The highest BCUT2D eigenvalue weighted by molar-refractivity contribution is 6.04. The van der Waals surface area contributed by atoms with Crippen molar-refractivity contribution in [2.45, 2.75) is 27.2 Å². The quantitative estimate of drug-likeness (QED) is 0.667. The lowest BCUT2D eigenvalue weighted by Gasteiger charge is -2.07. The summed E-state index contributed by atoms with van der Waals surface area (Å²) in [5, 5.41) is 7.23. The average molecular weight is 373 g/mol. The maximum atomic E-state index is 12.9.